The minimum absolute atomic E-state index is 0.237. The fourth-order valence-corrected chi connectivity index (χ4v) is 4.05. The van der Waals surface area contributed by atoms with Gasteiger partial charge in [-0.1, -0.05) is 42.0 Å². The molecule has 0 spiro atoms. The zero-order valence-corrected chi connectivity index (χ0v) is 15.4. The molecule has 0 saturated carbocycles. The van der Waals surface area contributed by atoms with Crippen molar-refractivity contribution in [1.29, 1.82) is 0 Å². The predicted molar refractivity (Wildman–Crippen MR) is 99.1 cm³/mol. The molecule has 0 bridgehead atoms. The monoisotopic (exact) mass is 366 g/mol. The second-order valence-corrected chi connectivity index (χ2v) is 7.53. The van der Waals surface area contributed by atoms with Crippen LogP contribution in [0.15, 0.2) is 24.3 Å². The van der Waals surface area contributed by atoms with Gasteiger partial charge in [-0.15, -0.1) is 10.2 Å². The molecule has 1 saturated heterocycles. The quantitative estimate of drug-likeness (QED) is 0.851. The summed E-state index contributed by atoms with van der Waals surface area (Å²) in [5.74, 6) is 0. The third-order valence-electron chi connectivity index (χ3n) is 4.51. The van der Waals surface area contributed by atoms with Crippen LogP contribution >= 0.6 is 22.9 Å². The standard InChI is InChI=1S/C17H23ClN4OS/c1-2-15(12-23)21-7-9-22(10-8-21)17-20-19-16(24-17)11-13-3-5-14(18)6-4-13/h3-6,15,23H,2,7-12H2,1H3. The number of rotatable bonds is 6. The Balaban J connectivity index is 1.57. The maximum absolute atomic E-state index is 9.44. The van der Waals surface area contributed by atoms with Gasteiger partial charge in [0.15, 0.2) is 0 Å². The largest absolute Gasteiger partial charge is 0.395 e. The Bertz CT molecular complexity index is 636. The number of aliphatic hydroxyl groups excluding tert-OH is 1. The maximum atomic E-state index is 9.44. The first-order valence-electron chi connectivity index (χ1n) is 8.36. The second-order valence-electron chi connectivity index (χ2n) is 6.05. The highest BCUT2D eigenvalue weighted by molar-refractivity contribution is 7.15. The molecule has 0 amide bonds. The fourth-order valence-electron chi connectivity index (χ4n) is 3.00. The Labute approximate surface area is 151 Å². The zero-order chi connectivity index (χ0) is 16.9. The van der Waals surface area contributed by atoms with Gasteiger partial charge in [0, 0.05) is 43.7 Å². The third-order valence-corrected chi connectivity index (χ3v) is 5.74. The first kappa shape index (κ1) is 17.6. The molecule has 5 nitrogen and oxygen atoms in total. The van der Waals surface area contributed by atoms with E-state index in [9.17, 15) is 5.11 Å². The molecular formula is C17H23ClN4OS. The summed E-state index contributed by atoms with van der Waals surface area (Å²) in [6.45, 7) is 6.16. The molecule has 0 radical (unpaired) electrons. The summed E-state index contributed by atoms with van der Waals surface area (Å²) in [5.41, 5.74) is 1.20. The Kier molecular flexibility index (Phi) is 6.05. The average Bonchev–Trinajstić information content (AvgIpc) is 3.07. The van der Waals surface area contributed by atoms with Gasteiger partial charge in [0.25, 0.3) is 0 Å². The van der Waals surface area contributed by atoms with Crippen LogP contribution < -0.4 is 4.90 Å². The van der Waals surface area contributed by atoms with Crippen LogP contribution in [0.1, 0.15) is 23.9 Å². The number of benzene rings is 1. The van der Waals surface area contributed by atoms with Crippen LogP contribution in [0.5, 0.6) is 0 Å². The van der Waals surface area contributed by atoms with E-state index in [1.165, 1.54) is 5.56 Å². The summed E-state index contributed by atoms with van der Waals surface area (Å²) in [5, 5.41) is 20.9. The lowest BCUT2D eigenvalue weighted by Crippen LogP contribution is -2.51. The van der Waals surface area contributed by atoms with Gasteiger partial charge in [-0.3, -0.25) is 4.90 Å². The van der Waals surface area contributed by atoms with E-state index in [0.717, 1.165) is 54.2 Å². The highest BCUT2D eigenvalue weighted by Gasteiger charge is 2.24. The van der Waals surface area contributed by atoms with Gasteiger partial charge in [0.05, 0.1) is 6.61 Å². The number of hydrogen-bond acceptors (Lipinski definition) is 6. The van der Waals surface area contributed by atoms with E-state index in [1.807, 2.05) is 24.3 Å². The van der Waals surface area contributed by atoms with E-state index in [-0.39, 0.29) is 12.6 Å². The first-order valence-corrected chi connectivity index (χ1v) is 9.55. The minimum atomic E-state index is 0.237. The molecule has 24 heavy (non-hydrogen) atoms. The molecule has 3 rings (SSSR count). The van der Waals surface area contributed by atoms with Crippen LogP contribution in [0.3, 0.4) is 0 Å². The summed E-state index contributed by atoms with van der Waals surface area (Å²) >= 11 is 7.59. The molecule has 1 fully saturated rings. The Hall–Kier alpha value is -1.21. The van der Waals surface area contributed by atoms with Crippen LogP contribution in [0.25, 0.3) is 0 Å². The molecule has 1 N–H and O–H groups in total. The van der Waals surface area contributed by atoms with Gasteiger partial charge in [0.1, 0.15) is 5.01 Å². The molecule has 7 heteroatoms. The lowest BCUT2D eigenvalue weighted by Gasteiger charge is -2.38. The van der Waals surface area contributed by atoms with Gasteiger partial charge in [-0.2, -0.15) is 0 Å². The van der Waals surface area contributed by atoms with Gasteiger partial charge >= 0.3 is 0 Å². The van der Waals surface area contributed by atoms with E-state index in [4.69, 9.17) is 11.6 Å². The van der Waals surface area contributed by atoms with Gasteiger partial charge in [-0.25, -0.2) is 0 Å². The molecule has 1 unspecified atom stereocenters. The SMILES string of the molecule is CCC(CO)N1CCN(c2nnc(Cc3ccc(Cl)cc3)s2)CC1. The summed E-state index contributed by atoms with van der Waals surface area (Å²) in [6, 6.07) is 8.15. The number of anilines is 1. The molecule has 1 aliphatic heterocycles. The third kappa shape index (κ3) is 4.25. The number of hydrogen-bond donors (Lipinski definition) is 1. The van der Waals surface area contributed by atoms with Crippen molar-refractivity contribution in [3.63, 3.8) is 0 Å². The lowest BCUT2D eigenvalue weighted by atomic mass is 10.2. The smallest absolute Gasteiger partial charge is 0.208 e. The maximum Gasteiger partial charge on any atom is 0.208 e. The topological polar surface area (TPSA) is 52.5 Å². The van der Waals surface area contributed by atoms with Crippen molar-refractivity contribution >= 4 is 28.1 Å². The molecular weight excluding hydrogens is 344 g/mol. The molecule has 1 aromatic heterocycles. The molecule has 1 atom stereocenters. The molecule has 2 aromatic rings. The summed E-state index contributed by atoms with van der Waals surface area (Å²) in [7, 11) is 0. The fraction of sp³-hybridized carbons (Fsp3) is 0.529. The summed E-state index contributed by atoms with van der Waals surface area (Å²) in [4.78, 5) is 4.66. The lowest BCUT2D eigenvalue weighted by molar-refractivity contribution is 0.114. The highest BCUT2D eigenvalue weighted by Crippen LogP contribution is 2.24. The molecule has 1 aromatic carbocycles. The average molecular weight is 367 g/mol. The van der Waals surface area contributed by atoms with E-state index in [0.29, 0.717) is 0 Å². The number of piperazine rings is 1. The van der Waals surface area contributed by atoms with Gasteiger partial charge in [0.2, 0.25) is 5.13 Å². The van der Waals surface area contributed by atoms with Crippen molar-refractivity contribution in [1.82, 2.24) is 15.1 Å². The van der Waals surface area contributed by atoms with Crippen molar-refractivity contribution in [3.8, 4) is 0 Å². The normalized spacial score (nSPS) is 17.2. The van der Waals surface area contributed by atoms with Gasteiger partial charge in [-0.05, 0) is 24.1 Å². The number of halogens is 1. The van der Waals surface area contributed by atoms with Crippen molar-refractivity contribution in [2.24, 2.45) is 0 Å². The van der Waals surface area contributed by atoms with Crippen molar-refractivity contribution in [2.75, 3.05) is 37.7 Å². The first-order chi connectivity index (χ1) is 11.7. The van der Waals surface area contributed by atoms with Crippen LogP contribution in [0.2, 0.25) is 5.02 Å². The van der Waals surface area contributed by atoms with Crippen molar-refractivity contribution in [2.45, 2.75) is 25.8 Å². The van der Waals surface area contributed by atoms with Crippen LogP contribution in [-0.2, 0) is 6.42 Å². The minimum Gasteiger partial charge on any atom is -0.395 e. The Morgan fingerprint density at radius 2 is 1.88 bits per heavy atom. The van der Waals surface area contributed by atoms with E-state index in [1.54, 1.807) is 11.3 Å². The van der Waals surface area contributed by atoms with E-state index in [2.05, 4.69) is 26.9 Å². The highest BCUT2D eigenvalue weighted by atomic mass is 35.5. The second kappa shape index (κ2) is 8.25. The van der Waals surface area contributed by atoms with E-state index < -0.39 is 0 Å². The number of nitrogens with zero attached hydrogens (tertiary/aromatic N) is 4. The van der Waals surface area contributed by atoms with E-state index >= 15 is 0 Å². The van der Waals surface area contributed by atoms with Crippen molar-refractivity contribution in [3.05, 3.63) is 39.9 Å². The zero-order valence-electron chi connectivity index (χ0n) is 13.9. The Morgan fingerprint density at radius 3 is 2.50 bits per heavy atom. The number of aromatic nitrogens is 2. The van der Waals surface area contributed by atoms with Crippen LogP contribution in [0.4, 0.5) is 5.13 Å². The van der Waals surface area contributed by atoms with Crippen molar-refractivity contribution < 1.29 is 5.11 Å². The Morgan fingerprint density at radius 1 is 1.17 bits per heavy atom. The predicted octanol–water partition coefficient (Wildman–Crippen LogP) is 2.68. The molecule has 0 aliphatic carbocycles. The number of aliphatic hydroxyl groups is 1. The van der Waals surface area contributed by atoms with Gasteiger partial charge < -0.3 is 10.0 Å². The summed E-state index contributed by atoms with van der Waals surface area (Å²) < 4.78 is 0. The molecule has 130 valence electrons. The molecule has 1 aliphatic rings. The molecule has 2 heterocycles. The van der Waals surface area contributed by atoms with Crippen LogP contribution in [0, 0.1) is 0 Å². The summed E-state index contributed by atoms with van der Waals surface area (Å²) in [6.07, 6.45) is 1.78. The van der Waals surface area contributed by atoms with Crippen LogP contribution in [-0.4, -0.2) is 59.0 Å².